The van der Waals surface area contributed by atoms with Crippen molar-refractivity contribution < 1.29 is 14.3 Å². The highest BCUT2D eigenvalue weighted by Crippen LogP contribution is 2.03. The maximum Gasteiger partial charge on any atom is 0.343 e. The zero-order valence-electron chi connectivity index (χ0n) is 7.51. The number of rotatable bonds is 3. The maximum absolute atomic E-state index is 11.0. The fraction of sp³-hybridized carbons (Fsp3) is 0.500. The third-order valence-electron chi connectivity index (χ3n) is 1.23. The monoisotopic (exact) mass is 171 g/mol. The first-order valence-electron chi connectivity index (χ1n) is 3.65. The average Bonchev–Trinajstić information content (AvgIpc) is 1.85. The van der Waals surface area contributed by atoms with Gasteiger partial charge in [-0.3, -0.25) is 4.79 Å². The molecular formula is C8H13NO3. The number of hydrogen-bond donors (Lipinski definition) is 1. The lowest BCUT2D eigenvalue weighted by Gasteiger charge is -2.04. The predicted molar refractivity (Wildman–Crippen MR) is 44.2 cm³/mol. The van der Waals surface area contributed by atoms with Gasteiger partial charge in [0, 0.05) is 5.70 Å². The van der Waals surface area contributed by atoms with Gasteiger partial charge < -0.3 is 10.5 Å². The van der Waals surface area contributed by atoms with E-state index in [1.807, 2.05) is 0 Å². The van der Waals surface area contributed by atoms with Crippen molar-refractivity contribution in [1.82, 2.24) is 0 Å². The number of carbonyl (C=O) groups excluding carboxylic acids is 2. The number of hydrogen-bond acceptors (Lipinski definition) is 4. The fourth-order valence-electron chi connectivity index (χ4n) is 0.786. The van der Waals surface area contributed by atoms with Crippen molar-refractivity contribution >= 4 is 11.8 Å². The summed E-state index contributed by atoms with van der Waals surface area (Å²) in [6.07, 6.45) is 0. The number of nitrogens with two attached hydrogens (primary N) is 1. The van der Waals surface area contributed by atoms with Crippen LogP contribution in [0.3, 0.4) is 0 Å². The van der Waals surface area contributed by atoms with Gasteiger partial charge in [0.2, 0.25) is 0 Å². The molecule has 0 saturated heterocycles. The first kappa shape index (κ1) is 10.7. The zero-order chi connectivity index (χ0) is 9.72. The molecule has 0 aliphatic heterocycles. The predicted octanol–water partition coefficient (Wildman–Crippen LogP) is 0.371. The van der Waals surface area contributed by atoms with Gasteiger partial charge in [-0.05, 0) is 20.8 Å². The molecule has 0 spiro atoms. The molecule has 0 aromatic carbocycles. The Morgan fingerprint density at radius 2 is 1.83 bits per heavy atom. The number of esters is 1. The molecule has 4 nitrogen and oxygen atoms in total. The summed E-state index contributed by atoms with van der Waals surface area (Å²) in [5, 5.41) is 0. The van der Waals surface area contributed by atoms with Crippen molar-refractivity contribution in [2.45, 2.75) is 20.8 Å². The van der Waals surface area contributed by atoms with E-state index >= 15 is 0 Å². The molecule has 0 aliphatic carbocycles. The van der Waals surface area contributed by atoms with E-state index in [0.29, 0.717) is 0 Å². The summed E-state index contributed by atoms with van der Waals surface area (Å²) in [6, 6.07) is 0. The Balaban J connectivity index is 4.67. The Morgan fingerprint density at radius 1 is 1.33 bits per heavy atom. The van der Waals surface area contributed by atoms with Gasteiger partial charge in [-0.25, -0.2) is 4.79 Å². The van der Waals surface area contributed by atoms with Crippen molar-refractivity contribution in [3.05, 3.63) is 11.3 Å². The molecule has 0 saturated carbocycles. The van der Waals surface area contributed by atoms with Crippen LogP contribution in [-0.2, 0) is 14.3 Å². The standard InChI is InChI=1S/C8H13NO3/c1-4-12-8(11)7(5(2)9)6(3)10/h4,9H2,1-3H3/b7-5+. The van der Waals surface area contributed by atoms with Crippen molar-refractivity contribution in [2.75, 3.05) is 6.61 Å². The molecule has 2 N–H and O–H groups in total. The van der Waals surface area contributed by atoms with E-state index in [0.717, 1.165) is 0 Å². The lowest BCUT2D eigenvalue weighted by molar-refractivity contribution is -0.139. The van der Waals surface area contributed by atoms with Gasteiger partial charge in [0.05, 0.1) is 6.61 Å². The zero-order valence-corrected chi connectivity index (χ0v) is 7.51. The first-order chi connectivity index (χ1) is 5.50. The highest BCUT2D eigenvalue weighted by atomic mass is 16.5. The molecule has 0 fully saturated rings. The fourth-order valence-corrected chi connectivity index (χ4v) is 0.786. The molecule has 0 atom stereocenters. The number of allylic oxidation sites excluding steroid dienone is 1. The Kier molecular flexibility index (Phi) is 4.04. The lowest BCUT2D eigenvalue weighted by atomic mass is 10.1. The van der Waals surface area contributed by atoms with Crippen LogP contribution in [0.2, 0.25) is 0 Å². The second kappa shape index (κ2) is 4.54. The SMILES string of the molecule is CCOC(=O)/C(C(C)=O)=C(\C)N. The van der Waals surface area contributed by atoms with E-state index in [4.69, 9.17) is 5.73 Å². The molecular weight excluding hydrogens is 158 g/mol. The van der Waals surface area contributed by atoms with E-state index in [9.17, 15) is 9.59 Å². The van der Waals surface area contributed by atoms with Crippen LogP contribution in [0.25, 0.3) is 0 Å². The van der Waals surface area contributed by atoms with Crippen molar-refractivity contribution in [1.29, 1.82) is 0 Å². The van der Waals surface area contributed by atoms with Gasteiger partial charge in [-0.2, -0.15) is 0 Å². The minimum Gasteiger partial charge on any atom is -0.462 e. The summed E-state index contributed by atoms with van der Waals surface area (Å²) < 4.78 is 4.63. The Hall–Kier alpha value is -1.32. The average molecular weight is 171 g/mol. The molecule has 0 unspecified atom stereocenters. The Bertz CT molecular complexity index is 226. The molecule has 0 aliphatic rings. The molecule has 0 radical (unpaired) electrons. The first-order valence-corrected chi connectivity index (χ1v) is 3.65. The Labute approximate surface area is 71.4 Å². The highest BCUT2D eigenvalue weighted by Gasteiger charge is 2.17. The van der Waals surface area contributed by atoms with Gasteiger partial charge in [-0.1, -0.05) is 0 Å². The summed E-state index contributed by atoms with van der Waals surface area (Å²) in [6.45, 7) is 4.68. The van der Waals surface area contributed by atoms with Crippen molar-refractivity contribution in [3.63, 3.8) is 0 Å². The van der Waals surface area contributed by atoms with E-state index in [2.05, 4.69) is 4.74 Å². The molecule has 0 aromatic rings. The maximum atomic E-state index is 11.0. The van der Waals surface area contributed by atoms with Gasteiger partial charge in [0.1, 0.15) is 5.57 Å². The molecule has 0 aromatic heterocycles. The summed E-state index contributed by atoms with van der Waals surface area (Å²) in [4.78, 5) is 21.9. The van der Waals surface area contributed by atoms with Crippen molar-refractivity contribution in [2.24, 2.45) is 5.73 Å². The van der Waals surface area contributed by atoms with Gasteiger partial charge >= 0.3 is 5.97 Å². The van der Waals surface area contributed by atoms with E-state index in [1.165, 1.54) is 13.8 Å². The van der Waals surface area contributed by atoms with Crippen LogP contribution in [0.4, 0.5) is 0 Å². The third-order valence-corrected chi connectivity index (χ3v) is 1.23. The molecule has 0 bridgehead atoms. The molecule has 68 valence electrons. The normalized spacial score (nSPS) is 11.9. The molecule has 12 heavy (non-hydrogen) atoms. The second-order valence-electron chi connectivity index (χ2n) is 2.33. The van der Waals surface area contributed by atoms with Crippen LogP contribution >= 0.6 is 0 Å². The van der Waals surface area contributed by atoms with Crippen molar-refractivity contribution in [3.8, 4) is 0 Å². The summed E-state index contributed by atoms with van der Waals surface area (Å²) in [5.41, 5.74) is 5.46. The van der Waals surface area contributed by atoms with Crippen LogP contribution in [0.1, 0.15) is 20.8 Å². The lowest BCUT2D eigenvalue weighted by Crippen LogP contribution is -2.18. The minimum absolute atomic E-state index is 0.0585. The number of ether oxygens (including phenoxy) is 1. The summed E-state index contributed by atoms with van der Waals surface area (Å²) in [5.74, 6) is -1.02. The van der Waals surface area contributed by atoms with E-state index in [-0.39, 0.29) is 23.7 Å². The Morgan fingerprint density at radius 3 is 2.08 bits per heavy atom. The third kappa shape index (κ3) is 2.74. The minimum atomic E-state index is -0.648. The number of carbonyl (C=O) groups is 2. The summed E-state index contributed by atoms with van der Waals surface area (Å²) in [7, 11) is 0. The van der Waals surface area contributed by atoms with Crippen LogP contribution < -0.4 is 5.73 Å². The van der Waals surface area contributed by atoms with Crippen LogP contribution in [0.15, 0.2) is 11.3 Å². The highest BCUT2D eigenvalue weighted by molar-refractivity contribution is 6.16. The van der Waals surface area contributed by atoms with Crippen LogP contribution in [0.5, 0.6) is 0 Å². The van der Waals surface area contributed by atoms with E-state index in [1.54, 1.807) is 6.92 Å². The molecule has 0 rings (SSSR count). The van der Waals surface area contributed by atoms with Gasteiger partial charge in [-0.15, -0.1) is 0 Å². The second-order valence-corrected chi connectivity index (χ2v) is 2.33. The van der Waals surface area contributed by atoms with Crippen LogP contribution in [0, 0.1) is 0 Å². The topological polar surface area (TPSA) is 69.4 Å². The molecule has 0 heterocycles. The summed E-state index contributed by atoms with van der Waals surface area (Å²) >= 11 is 0. The number of ketones is 1. The largest absolute Gasteiger partial charge is 0.462 e. The quantitative estimate of drug-likeness (QED) is 0.288. The molecule has 4 heteroatoms. The van der Waals surface area contributed by atoms with Gasteiger partial charge in [0.15, 0.2) is 5.78 Å². The van der Waals surface area contributed by atoms with Gasteiger partial charge in [0.25, 0.3) is 0 Å². The number of Topliss-reactive ketones (excluding diaryl/α,β-unsaturated/α-hetero) is 1. The molecule has 0 amide bonds. The van der Waals surface area contributed by atoms with E-state index < -0.39 is 5.97 Å². The smallest absolute Gasteiger partial charge is 0.343 e. The van der Waals surface area contributed by atoms with Crippen LogP contribution in [-0.4, -0.2) is 18.4 Å².